The summed E-state index contributed by atoms with van der Waals surface area (Å²) in [6.07, 6.45) is 1.65. The fourth-order valence-electron chi connectivity index (χ4n) is 2.22. The van der Waals surface area contributed by atoms with Crippen LogP contribution in [-0.2, 0) is 9.53 Å². The first kappa shape index (κ1) is 10.9. The summed E-state index contributed by atoms with van der Waals surface area (Å²) in [4.78, 5) is 14.0. The lowest BCUT2D eigenvalue weighted by Gasteiger charge is -2.36. The lowest BCUT2D eigenvalue weighted by atomic mass is 10.1. The predicted octanol–water partition coefficient (Wildman–Crippen LogP) is -1.08. The Morgan fingerprint density at radius 3 is 3.13 bits per heavy atom. The highest BCUT2D eigenvalue weighted by atomic mass is 16.5. The Bertz CT molecular complexity index is 229. The second-order valence-electron chi connectivity index (χ2n) is 4.13. The number of hydrogen-bond acceptors (Lipinski definition) is 4. The van der Waals surface area contributed by atoms with Gasteiger partial charge in [-0.1, -0.05) is 0 Å². The van der Waals surface area contributed by atoms with Crippen molar-refractivity contribution < 1.29 is 9.53 Å². The molecule has 2 fully saturated rings. The Labute approximate surface area is 89.9 Å². The number of hydrogen-bond donors (Lipinski definition) is 2. The van der Waals surface area contributed by atoms with Gasteiger partial charge < -0.3 is 20.7 Å². The van der Waals surface area contributed by atoms with Gasteiger partial charge in [0.2, 0.25) is 0 Å². The summed E-state index contributed by atoms with van der Waals surface area (Å²) in [6.45, 7) is 3.64. The normalized spacial score (nSPS) is 31.9. The van der Waals surface area contributed by atoms with E-state index in [1.165, 1.54) is 0 Å². The van der Waals surface area contributed by atoms with Gasteiger partial charge in [0.25, 0.3) is 5.91 Å². The molecule has 3 N–H and O–H groups in total. The molecule has 0 aromatic heterocycles. The second-order valence-corrected chi connectivity index (χ2v) is 4.13. The van der Waals surface area contributed by atoms with Crippen LogP contribution in [0, 0.1) is 0 Å². The van der Waals surface area contributed by atoms with E-state index < -0.39 is 0 Å². The second kappa shape index (κ2) is 4.92. The fraction of sp³-hybridized carbons (Fsp3) is 0.900. The van der Waals surface area contributed by atoms with Gasteiger partial charge in [-0.25, -0.2) is 0 Å². The number of nitrogens with two attached hydrogens (primary N) is 1. The van der Waals surface area contributed by atoms with E-state index in [9.17, 15) is 4.79 Å². The van der Waals surface area contributed by atoms with Gasteiger partial charge in [-0.3, -0.25) is 4.79 Å². The standard InChI is InChI=1S/C10H19N3O2/c11-6-8-7-12-3-4-13(8)10(14)9-2-1-5-15-9/h8-9,12H,1-7,11H2. The SMILES string of the molecule is NCC1CNCCN1C(=O)C1CCCO1. The van der Waals surface area contributed by atoms with E-state index in [0.717, 1.165) is 39.1 Å². The number of carbonyl (C=O) groups is 1. The summed E-state index contributed by atoms with van der Waals surface area (Å²) in [5.74, 6) is 0.129. The highest BCUT2D eigenvalue weighted by Gasteiger charge is 2.32. The van der Waals surface area contributed by atoms with Gasteiger partial charge in [-0.05, 0) is 12.8 Å². The highest BCUT2D eigenvalue weighted by molar-refractivity contribution is 5.81. The molecular weight excluding hydrogens is 194 g/mol. The predicted molar refractivity (Wildman–Crippen MR) is 56.4 cm³/mol. The van der Waals surface area contributed by atoms with Crippen molar-refractivity contribution in [3.05, 3.63) is 0 Å². The van der Waals surface area contributed by atoms with Crippen molar-refractivity contribution in [2.24, 2.45) is 5.73 Å². The molecule has 2 aliphatic rings. The van der Waals surface area contributed by atoms with E-state index in [0.29, 0.717) is 6.54 Å². The van der Waals surface area contributed by atoms with Crippen LogP contribution in [0.1, 0.15) is 12.8 Å². The first-order valence-corrected chi connectivity index (χ1v) is 5.66. The number of piperazine rings is 1. The maximum atomic E-state index is 12.1. The van der Waals surface area contributed by atoms with Crippen LogP contribution in [0.25, 0.3) is 0 Å². The molecule has 15 heavy (non-hydrogen) atoms. The third-order valence-corrected chi connectivity index (χ3v) is 3.11. The van der Waals surface area contributed by atoms with Crippen molar-refractivity contribution in [1.29, 1.82) is 0 Å². The van der Waals surface area contributed by atoms with Crippen LogP contribution in [0.15, 0.2) is 0 Å². The van der Waals surface area contributed by atoms with E-state index in [1.54, 1.807) is 0 Å². The Kier molecular flexibility index (Phi) is 3.56. The molecule has 2 unspecified atom stereocenters. The zero-order chi connectivity index (χ0) is 10.7. The van der Waals surface area contributed by atoms with E-state index in [2.05, 4.69) is 5.32 Å². The van der Waals surface area contributed by atoms with Crippen LogP contribution in [0.4, 0.5) is 0 Å². The molecule has 2 atom stereocenters. The fourth-order valence-corrected chi connectivity index (χ4v) is 2.22. The zero-order valence-corrected chi connectivity index (χ0v) is 8.95. The Morgan fingerprint density at radius 1 is 1.60 bits per heavy atom. The van der Waals surface area contributed by atoms with Crippen LogP contribution in [0.5, 0.6) is 0 Å². The molecule has 2 aliphatic heterocycles. The summed E-state index contributed by atoms with van der Waals surface area (Å²) in [5.41, 5.74) is 5.66. The van der Waals surface area contributed by atoms with Crippen molar-refractivity contribution >= 4 is 5.91 Å². The minimum absolute atomic E-state index is 0.129. The van der Waals surface area contributed by atoms with Gasteiger partial charge in [0.1, 0.15) is 6.10 Å². The highest BCUT2D eigenvalue weighted by Crippen LogP contribution is 2.16. The number of carbonyl (C=O) groups excluding carboxylic acids is 1. The first-order valence-electron chi connectivity index (χ1n) is 5.66. The maximum Gasteiger partial charge on any atom is 0.252 e. The summed E-state index contributed by atoms with van der Waals surface area (Å²) in [6, 6.07) is 0.135. The van der Waals surface area contributed by atoms with Crippen LogP contribution in [0.2, 0.25) is 0 Å². The molecular formula is C10H19N3O2. The lowest BCUT2D eigenvalue weighted by molar-refractivity contribution is -0.144. The topological polar surface area (TPSA) is 67.6 Å². The molecule has 0 aromatic carbocycles. The Hall–Kier alpha value is -0.650. The molecule has 86 valence electrons. The van der Waals surface area contributed by atoms with Crippen LogP contribution in [0.3, 0.4) is 0 Å². The van der Waals surface area contributed by atoms with Crippen molar-refractivity contribution in [1.82, 2.24) is 10.2 Å². The van der Waals surface area contributed by atoms with Gasteiger partial charge in [-0.15, -0.1) is 0 Å². The van der Waals surface area contributed by atoms with Gasteiger partial charge in [0.05, 0.1) is 6.04 Å². The summed E-state index contributed by atoms with van der Waals surface area (Å²) in [7, 11) is 0. The molecule has 2 heterocycles. The third kappa shape index (κ3) is 2.30. The van der Waals surface area contributed by atoms with Crippen molar-refractivity contribution in [2.45, 2.75) is 25.0 Å². The van der Waals surface area contributed by atoms with Crippen molar-refractivity contribution in [3.8, 4) is 0 Å². The van der Waals surface area contributed by atoms with Gasteiger partial charge >= 0.3 is 0 Å². The number of nitrogens with one attached hydrogen (secondary N) is 1. The molecule has 0 spiro atoms. The van der Waals surface area contributed by atoms with Gasteiger partial charge in [0, 0.05) is 32.8 Å². The zero-order valence-electron chi connectivity index (χ0n) is 8.95. The molecule has 0 radical (unpaired) electrons. The molecule has 0 aromatic rings. The Balaban J connectivity index is 1.96. The number of rotatable bonds is 2. The molecule has 0 bridgehead atoms. The number of ether oxygens (including phenoxy) is 1. The molecule has 5 heteroatoms. The van der Waals surface area contributed by atoms with Gasteiger partial charge in [-0.2, -0.15) is 0 Å². The first-order chi connectivity index (χ1) is 7.33. The average Bonchev–Trinajstić information content (AvgIpc) is 2.81. The molecule has 2 rings (SSSR count). The number of nitrogens with zero attached hydrogens (tertiary/aromatic N) is 1. The monoisotopic (exact) mass is 213 g/mol. The van der Waals surface area contributed by atoms with Crippen molar-refractivity contribution in [2.75, 3.05) is 32.8 Å². The molecule has 0 saturated carbocycles. The lowest BCUT2D eigenvalue weighted by Crippen LogP contribution is -2.58. The van der Waals surface area contributed by atoms with Crippen LogP contribution >= 0.6 is 0 Å². The van der Waals surface area contributed by atoms with Crippen LogP contribution in [-0.4, -0.2) is 55.7 Å². The molecule has 1 amide bonds. The summed E-state index contributed by atoms with van der Waals surface area (Å²) >= 11 is 0. The quantitative estimate of drug-likeness (QED) is 0.612. The van der Waals surface area contributed by atoms with E-state index in [1.807, 2.05) is 4.90 Å². The van der Waals surface area contributed by atoms with Crippen LogP contribution < -0.4 is 11.1 Å². The molecule has 0 aliphatic carbocycles. The summed E-state index contributed by atoms with van der Waals surface area (Å²) in [5, 5.41) is 3.25. The van der Waals surface area contributed by atoms with Crippen molar-refractivity contribution in [3.63, 3.8) is 0 Å². The summed E-state index contributed by atoms with van der Waals surface area (Å²) < 4.78 is 5.41. The van der Waals surface area contributed by atoms with E-state index in [-0.39, 0.29) is 18.1 Å². The maximum absolute atomic E-state index is 12.1. The third-order valence-electron chi connectivity index (χ3n) is 3.11. The largest absolute Gasteiger partial charge is 0.368 e. The minimum Gasteiger partial charge on any atom is -0.368 e. The number of amides is 1. The molecule has 5 nitrogen and oxygen atoms in total. The minimum atomic E-state index is -0.211. The van der Waals surface area contributed by atoms with E-state index >= 15 is 0 Å². The smallest absolute Gasteiger partial charge is 0.252 e. The van der Waals surface area contributed by atoms with Gasteiger partial charge in [0.15, 0.2) is 0 Å². The average molecular weight is 213 g/mol. The molecule has 2 saturated heterocycles. The Morgan fingerprint density at radius 2 is 2.47 bits per heavy atom. The van der Waals surface area contributed by atoms with E-state index in [4.69, 9.17) is 10.5 Å².